The van der Waals surface area contributed by atoms with Crippen LogP contribution in [-0.2, 0) is 10.0 Å². The highest BCUT2D eigenvalue weighted by molar-refractivity contribution is 7.89. The molecular weight excluding hydrogens is 260 g/mol. The van der Waals surface area contributed by atoms with E-state index in [0.717, 1.165) is 32.0 Å². The van der Waals surface area contributed by atoms with Crippen LogP contribution in [0.25, 0.3) is 0 Å². The molecule has 1 aliphatic rings. The van der Waals surface area contributed by atoms with Gasteiger partial charge in [-0.05, 0) is 44.8 Å². The Labute approximate surface area is 110 Å². The standard InChI is InChI=1S/C11H23ClN2O2S/c1-11-3-8-14(9-4-11)7-2-6-13-17(15,16)10-5-12/h11,13H,2-10H2,1H3. The van der Waals surface area contributed by atoms with Gasteiger partial charge in [-0.25, -0.2) is 13.1 Å². The van der Waals surface area contributed by atoms with Gasteiger partial charge in [0.05, 0.1) is 5.75 Å². The third-order valence-corrected chi connectivity index (χ3v) is 4.99. The summed E-state index contributed by atoms with van der Waals surface area (Å²) in [4.78, 5) is 2.41. The Morgan fingerprint density at radius 3 is 2.59 bits per heavy atom. The number of piperidine rings is 1. The summed E-state index contributed by atoms with van der Waals surface area (Å²) >= 11 is 5.41. The molecule has 1 fully saturated rings. The maximum Gasteiger partial charge on any atom is 0.212 e. The summed E-state index contributed by atoms with van der Waals surface area (Å²) in [6.45, 7) is 6.09. The molecule has 0 atom stereocenters. The maximum atomic E-state index is 11.3. The fourth-order valence-corrected chi connectivity index (χ4v) is 3.40. The number of hydrogen-bond acceptors (Lipinski definition) is 3. The number of hydrogen-bond donors (Lipinski definition) is 1. The smallest absolute Gasteiger partial charge is 0.212 e. The van der Waals surface area contributed by atoms with Crippen LogP contribution >= 0.6 is 11.6 Å². The highest BCUT2D eigenvalue weighted by Crippen LogP contribution is 2.15. The van der Waals surface area contributed by atoms with E-state index in [-0.39, 0.29) is 11.6 Å². The fourth-order valence-electron chi connectivity index (χ4n) is 1.99. The van der Waals surface area contributed by atoms with Crippen molar-refractivity contribution in [3.63, 3.8) is 0 Å². The average molecular weight is 283 g/mol. The van der Waals surface area contributed by atoms with Gasteiger partial charge in [0.2, 0.25) is 10.0 Å². The zero-order valence-electron chi connectivity index (χ0n) is 10.5. The molecule has 0 radical (unpaired) electrons. The zero-order valence-corrected chi connectivity index (χ0v) is 12.1. The summed E-state index contributed by atoms with van der Waals surface area (Å²) in [5, 5.41) is 0. The van der Waals surface area contributed by atoms with E-state index in [4.69, 9.17) is 11.6 Å². The molecule has 1 rings (SSSR count). The summed E-state index contributed by atoms with van der Waals surface area (Å²) in [6.07, 6.45) is 3.39. The topological polar surface area (TPSA) is 49.4 Å². The van der Waals surface area contributed by atoms with E-state index >= 15 is 0 Å². The number of likely N-dealkylation sites (tertiary alicyclic amines) is 1. The molecule has 6 heteroatoms. The molecule has 0 aromatic rings. The molecule has 1 N–H and O–H groups in total. The Balaban J connectivity index is 2.08. The second kappa shape index (κ2) is 7.56. The SMILES string of the molecule is CC1CCN(CCCNS(=O)(=O)CCCl)CC1. The highest BCUT2D eigenvalue weighted by atomic mass is 35.5. The molecule has 0 saturated carbocycles. The highest BCUT2D eigenvalue weighted by Gasteiger charge is 2.15. The van der Waals surface area contributed by atoms with Crippen molar-refractivity contribution in [2.45, 2.75) is 26.2 Å². The van der Waals surface area contributed by atoms with Crippen molar-refractivity contribution in [2.24, 2.45) is 5.92 Å². The first-order valence-electron chi connectivity index (χ1n) is 6.29. The molecule has 0 spiro atoms. The van der Waals surface area contributed by atoms with Crippen molar-refractivity contribution in [3.8, 4) is 0 Å². The first kappa shape index (κ1) is 15.2. The van der Waals surface area contributed by atoms with Crippen LogP contribution in [-0.4, -0.2) is 51.1 Å². The summed E-state index contributed by atoms with van der Waals surface area (Å²) in [6, 6.07) is 0. The van der Waals surface area contributed by atoms with Crippen LogP contribution in [0.2, 0.25) is 0 Å². The summed E-state index contributed by atoms with van der Waals surface area (Å²) in [5.74, 6) is 1.00. The minimum absolute atomic E-state index is 0.00971. The minimum Gasteiger partial charge on any atom is -0.303 e. The number of rotatable bonds is 7. The van der Waals surface area contributed by atoms with E-state index in [0.29, 0.717) is 6.54 Å². The molecule has 0 amide bonds. The van der Waals surface area contributed by atoms with Crippen molar-refractivity contribution < 1.29 is 8.42 Å². The second-order valence-electron chi connectivity index (χ2n) is 4.78. The van der Waals surface area contributed by atoms with Crippen molar-refractivity contribution >= 4 is 21.6 Å². The first-order valence-corrected chi connectivity index (χ1v) is 8.48. The van der Waals surface area contributed by atoms with Crippen LogP contribution < -0.4 is 4.72 Å². The predicted molar refractivity (Wildman–Crippen MR) is 72.0 cm³/mol. The maximum absolute atomic E-state index is 11.3. The molecule has 1 saturated heterocycles. The molecule has 0 unspecified atom stereocenters. The lowest BCUT2D eigenvalue weighted by molar-refractivity contribution is 0.191. The van der Waals surface area contributed by atoms with Gasteiger partial charge in [-0.15, -0.1) is 11.6 Å². The second-order valence-corrected chi connectivity index (χ2v) is 7.08. The van der Waals surface area contributed by atoms with Crippen LogP contribution in [0.4, 0.5) is 0 Å². The molecule has 0 aromatic carbocycles. The van der Waals surface area contributed by atoms with Gasteiger partial charge in [0, 0.05) is 12.4 Å². The zero-order chi connectivity index (χ0) is 12.7. The molecule has 0 aromatic heterocycles. The van der Waals surface area contributed by atoms with Gasteiger partial charge in [0.25, 0.3) is 0 Å². The van der Waals surface area contributed by atoms with Crippen LogP contribution in [0.1, 0.15) is 26.2 Å². The van der Waals surface area contributed by atoms with Gasteiger partial charge < -0.3 is 4.90 Å². The minimum atomic E-state index is -3.14. The van der Waals surface area contributed by atoms with E-state index in [9.17, 15) is 8.42 Å². The Morgan fingerprint density at radius 1 is 1.35 bits per heavy atom. The van der Waals surface area contributed by atoms with E-state index in [1.54, 1.807) is 0 Å². The van der Waals surface area contributed by atoms with Gasteiger partial charge in [-0.2, -0.15) is 0 Å². The Morgan fingerprint density at radius 2 is 2.00 bits per heavy atom. The van der Waals surface area contributed by atoms with E-state index < -0.39 is 10.0 Å². The fraction of sp³-hybridized carbons (Fsp3) is 1.00. The largest absolute Gasteiger partial charge is 0.303 e. The van der Waals surface area contributed by atoms with Crippen molar-refractivity contribution in [3.05, 3.63) is 0 Å². The third kappa shape index (κ3) is 6.60. The molecule has 1 heterocycles. The van der Waals surface area contributed by atoms with Crippen molar-refractivity contribution in [1.82, 2.24) is 9.62 Å². The third-order valence-electron chi connectivity index (χ3n) is 3.20. The van der Waals surface area contributed by atoms with Gasteiger partial charge in [0.15, 0.2) is 0 Å². The van der Waals surface area contributed by atoms with Gasteiger partial charge in [-0.1, -0.05) is 6.92 Å². The molecule has 102 valence electrons. The molecule has 0 bridgehead atoms. The average Bonchev–Trinajstić information content (AvgIpc) is 2.27. The van der Waals surface area contributed by atoms with Crippen LogP contribution in [0.3, 0.4) is 0 Å². The summed E-state index contributed by atoms with van der Waals surface area (Å²) in [5.41, 5.74) is 0. The van der Waals surface area contributed by atoms with Crippen LogP contribution in [0, 0.1) is 5.92 Å². The Hall–Kier alpha value is 0.160. The molecule has 17 heavy (non-hydrogen) atoms. The number of halogens is 1. The van der Waals surface area contributed by atoms with E-state index in [1.807, 2.05) is 0 Å². The normalized spacial score (nSPS) is 19.6. The van der Waals surface area contributed by atoms with Crippen LogP contribution in [0.15, 0.2) is 0 Å². The molecule has 1 aliphatic heterocycles. The van der Waals surface area contributed by atoms with Gasteiger partial charge >= 0.3 is 0 Å². The van der Waals surface area contributed by atoms with Gasteiger partial charge in [-0.3, -0.25) is 0 Å². The lowest BCUT2D eigenvalue weighted by Gasteiger charge is -2.30. The Bertz CT molecular complexity index is 301. The quantitative estimate of drug-likeness (QED) is 0.565. The Kier molecular flexibility index (Phi) is 6.77. The molecule has 4 nitrogen and oxygen atoms in total. The molecular formula is C11H23ClN2O2S. The summed E-state index contributed by atoms with van der Waals surface area (Å²) in [7, 11) is -3.14. The lowest BCUT2D eigenvalue weighted by Crippen LogP contribution is -2.35. The molecule has 0 aliphatic carbocycles. The monoisotopic (exact) mass is 282 g/mol. The van der Waals surface area contributed by atoms with Crippen LogP contribution in [0.5, 0.6) is 0 Å². The number of nitrogens with one attached hydrogen (secondary N) is 1. The number of nitrogens with zero attached hydrogens (tertiary/aromatic N) is 1. The first-order chi connectivity index (χ1) is 8.03. The number of sulfonamides is 1. The number of alkyl halides is 1. The van der Waals surface area contributed by atoms with E-state index in [2.05, 4.69) is 16.5 Å². The van der Waals surface area contributed by atoms with E-state index in [1.165, 1.54) is 12.8 Å². The van der Waals surface area contributed by atoms with Gasteiger partial charge in [0.1, 0.15) is 0 Å². The van der Waals surface area contributed by atoms with Crippen molar-refractivity contribution in [2.75, 3.05) is 37.8 Å². The lowest BCUT2D eigenvalue weighted by atomic mass is 9.99. The predicted octanol–water partition coefficient (Wildman–Crippen LogP) is 1.27. The summed E-state index contributed by atoms with van der Waals surface area (Å²) < 4.78 is 25.2. The van der Waals surface area contributed by atoms with Crippen molar-refractivity contribution in [1.29, 1.82) is 0 Å².